The van der Waals surface area contributed by atoms with Gasteiger partial charge in [-0.05, 0) is 31.9 Å². The second-order valence-electron chi connectivity index (χ2n) is 10.8. The number of nitrogens with zero attached hydrogens (tertiary/aromatic N) is 4. The third-order valence-electron chi connectivity index (χ3n) is 8.20. The van der Waals surface area contributed by atoms with Crippen LogP contribution in [0, 0.1) is 17.6 Å². The number of benzene rings is 1. The van der Waals surface area contributed by atoms with Crippen molar-refractivity contribution < 1.29 is 32.5 Å². The Kier molecular flexibility index (Phi) is 8.55. The van der Waals surface area contributed by atoms with E-state index in [0.29, 0.717) is 55.3 Å². The summed E-state index contributed by atoms with van der Waals surface area (Å²) in [6, 6.07) is 2.84. The molecule has 2 aromatic heterocycles. The number of allylic oxidation sites excluding steroid dienone is 1. The number of methoxy groups -OCH3 is 3. The average Bonchev–Trinajstić information content (AvgIpc) is 3.43. The molecule has 0 radical (unpaired) electrons. The molecule has 0 bridgehead atoms. The zero-order valence-electron chi connectivity index (χ0n) is 24.2. The van der Waals surface area contributed by atoms with Crippen molar-refractivity contribution in [3.05, 3.63) is 42.6 Å². The minimum atomic E-state index is -0.931. The molecule has 3 aromatic rings. The zero-order valence-corrected chi connectivity index (χ0v) is 24.2. The van der Waals surface area contributed by atoms with Gasteiger partial charge in [-0.1, -0.05) is 6.58 Å². The molecule has 2 saturated heterocycles. The highest BCUT2D eigenvalue weighted by molar-refractivity contribution is 5.93. The van der Waals surface area contributed by atoms with Gasteiger partial charge in [0.25, 0.3) is 0 Å². The van der Waals surface area contributed by atoms with E-state index >= 15 is 8.78 Å². The molecule has 0 aliphatic carbocycles. The van der Waals surface area contributed by atoms with Gasteiger partial charge in [-0.15, -0.1) is 0 Å². The first kappa shape index (κ1) is 29.6. The van der Waals surface area contributed by atoms with E-state index in [0.717, 1.165) is 18.9 Å². The molecule has 0 saturated carbocycles. The number of carbonyl (C=O) groups is 1. The molecule has 0 amide bonds. The number of hydrogen-bond donors (Lipinski definition) is 1. The number of aromatic nitrogens is 3. The lowest BCUT2D eigenvalue weighted by molar-refractivity contribution is -0.115. The summed E-state index contributed by atoms with van der Waals surface area (Å²) in [7, 11) is 4.28. The van der Waals surface area contributed by atoms with Crippen LogP contribution in [0.1, 0.15) is 26.2 Å². The van der Waals surface area contributed by atoms with Crippen LogP contribution in [0.25, 0.3) is 22.3 Å². The number of anilines is 2. The third-order valence-corrected chi connectivity index (χ3v) is 8.20. The summed E-state index contributed by atoms with van der Waals surface area (Å²) in [5.74, 6) is -1.42. The van der Waals surface area contributed by atoms with Gasteiger partial charge in [-0.3, -0.25) is 4.79 Å². The highest BCUT2D eigenvalue weighted by Crippen LogP contribution is 2.39. The van der Waals surface area contributed by atoms with E-state index in [9.17, 15) is 4.79 Å². The Morgan fingerprint density at radius 2 is 1.83 bits per heavy atom. The van der Waals surface area contributed by atoms with Crippen LogP contribution in [0.4, 0.5) is 20.4 Å². The number of halogens is 2. The van der Waals surface area contributed by atoms with Gasteiger partial charge in [0.1, 0.15) is 11.6 Å². The summed E-state index contributed by atoms with van der Waals surface area (Å²) in [6.45, 7) is 7.72. The molecule has 4 heterocycles. The SMILES string of the molecule is C=CC(=O)C[C@H]1COC[C@H]1Nc1cc2c(N3CCC(C)(OC)CC3)nc(-c3c(F)c(OC)cc(OC)c3F)nc2cn1. The Hall–Kier alpha value is -3.90. The van der Waals surface area contributed by atoms with Crippen molar-refractivity contribution in [3.63, 3.8) is 0 Å². The highest BCUT2D eigenvalue weighted by atomic mass is 19.1. The fourth-order valence-corrected chi connectivity index (χ4v) is 5.42. The number of piperidine rings is 1. The van der Waals surface area contributed by atoms with Gasteiger partial charge in [0, 0.05) is 44.0 Å². The molecule has 12 heteroatoms. The quantitative estimate of drug-likeness (QED) is 0.341. The summed E-state index contributed by atoms with van der Waals surface area (Å²) < 4.78 is 52.6. The molecular formula is C30H35F2N5O5. The fraction of sp³-hybridized carbons (Fsp3) is 0.467. The maximum Gasteiger partial charge on any atom is 0.179 e. The van der Waals surface area contributed by atoms with E-state index < -0.39 is 17.2 Å². The second-order valence-corrected chi connectivity index (χ2v) is 10.8. The van der Waals surface area contributed by atoms with Gasteiger partial charge in [0.2, 0.25) is 0 Å². The third kappa shape index (κ3) is 5.73. The van der Waals surface area contributed by atoms with Gasteiger partial charge in [-0.2, -0.15) is 0 Å². The van der Waals surface area contributed by atoms with E-state index in [1.54, 1.807) is 13.3 Å². The first-order valence-electron chi connectivity index (χ1n) is 13.8. The van der Waals surface area contributed by atoms with Gasteiger partial charge >= 0.3 is 0 Å². The van der Waals surface area contributed by atoms with E-state index in [2.05, 4.69) is 33.7 Å². The lowest BCUT2D eigenvalue weighted by Crippen LogP contribution is -2.44. The van der Waals surface area contributed by atoms with Crippen LogP contribution in [0.3, 0.4) is 0 Å². The number of fused-ring (bicyclic) bond motifs is 1. The van der Waals surface area contributed by atoms with Crippen LogP contribution in [0.5, 0.6) is 11.5 Å². The Balaban J connectivity index is 1.59. The number of carbonyl (C=O) groups excluding carboxylic acids is 1. The molecule has 5 rings (SSSR count). The van der Waals surface area contributed by atoms with Crippen LogP contribution in [-0.2, 0) is 14.3 Å². The molecule has 42 heavy (non-hydrogen) atoms. The first-order valence-corrected chi connectivity index (χ1v) is 13.8. The normalized spacial score (nSPS) is 20.0. The van der Waals surface area contributed by atoms with Gasteiger partial charge < -0.3 is 29.2 Å². The molecule has 10 nitrogen and oxygen atoms in total. The second kappa shape index (κ2) is 12.1. The topological polar surface area (TPSA) is 108 Å². The number of hydrogen-bond acceptors (Lipinski definition) is 10. The molecule has 224 valence electrons. The molecule has 2 fully saturated rings. The molecule has 1 N–H and O–H groups in total. The zero-order chi connectivity index (χ0) is 30.0. The van der Waals surface area contributed by atoms with Crippen LogP contribution in [0.2, 0.25) is 0 Å². The molecule has 0 unspecified atom stereocenters. The summed E-state index contributed by atoms with van der Waals surface area (Å²) >= 11 is 0. The van der Waals surface area contributed by atoms with Gasteiger partial charge in [-0.25, -0.2) is 23.7 Å². The Morgan fingerprint density at radius 1 is 1.14 bits per heavy atom. The van der Waals surface area contributed by atoms with Crippen LogP contribution < -0.4 is 19.7 Å². The number of ketones is 1. The molecule has 2 aliphatic heterocycles. The van der Waals surface area contributed by atoms with Crippen molar-refractivity contribution in [2.45, 2.75) is 37.8 Å². The largest absolute Gasteiger partial charge is 0.494 e. The van der Waals surface area contributed by atoms with Gasteiger partial charge in [0.15, 0.2) is 34.7 Å². The maximum absolute atomic E-state index is 15.5. The number of ether oxygens (including phenoxy) is 4. The van der Waals surface area contributed by atoms with Crippen molar-refractivity contribution in [2.24, 2.45) is 5.92 Å². The lowest BCUT2D eigenvalue weighted by Gasteiger charge is -2.39. The lowest BCUT2D eigenvalue weighted by atomic mass is 9.93. The molecule has 0 spiro atoms. The number of pyridine rings is 1. The Morgan fingerprint density at radius 3 is 2.45 bits per heavy atom. The van der Waals surface area contributed by atoms with E-state index in [1.165, 1.54) is 20.3 Å². The predicted octanol–water partition coefficient (Wildman–Crippen LogP) is 4.56. The average molecular weight is 584 g/mol. The fourth-order valence-electron chi connectivity index (χ4n) is 5.42. The predicted molar refractivity (Wildman–Crippen MR) is 154 cm³/mol. The van der Waals surface area contributed by atoms with Crippen molar-refractivity contribution in [1.82, 2.24) is 15.0 Å². The van der Waals surface area contributed by atoms with Crippen molar-refractivity contribution >= 4 is 28.3 Å². The number of nitrogens with one attached hydrogen (secondary N) is 1. The Labute approximate surface area is 243 Å². The van der Waals surface area contributed by atoms with Crippen LogP contribution in [0.15, 0.2) is 31.0 Å². The van der Waals surface area contributed by atoms with E-state index in [-0.39, 0.29) is 40.7 Å². The summed E-state index contributed by atoms with van der Waals surface area (Å²) in [4.78, 5) is 27.8. The van der Waals surface area contributed by atoms with E-state index in [4.69, 9.17) is 23.9 Å². The van der Waals surface area contributed by atoms with Crippen molar-refractivity contribution in [3.8, 4) is 22.9 Å². The monoisotopic (exact) mass is 583 g/mol. The van der Waals surface area contributed by atoms with Crippen molar-refractivity contribution in [1.29, 1.82) is 0 Å². The standard InChI is InChI=1S/C30H35F2N5O5/c1-6-18(38)11-17-15-42-16-21(17)34-24-12-19-20(14-33-24)35-28(25-26(31)22(39-3)13-23(40-4)27(25)32)36-29(19)37-9-7-30(2,41-5)8-10-37/h6,12-14,17,21H,1,7-11,15-16H2,2-5H3,(H,33,34)/t17-,21+/m0/s1. The molecule has 2 atom stereocenters. The minimum absolute atomic E-state index is 0.0334. The molecule has 1 aromatic carbocycles. The number of rotatable bonds is 10. The Bertz CT molecular complexity index is 1470. The smallest absolute Gasteiger partial charge is 0.179 e. The highest BCUT2D eigenvalue weighted by Gasteiger charge is 2.33. The maximum atomic E-state index is 15.5. The summed E-state index contributed by atoms with van der Waals surface area (Å²) in [5, 5.41) is 4.05. The first-order chi connectivity index (χ1) is 20.2. The van der Waals surface area contributed by atoms with Crippen LogP contribution >= 0.6 is 0 Å². The minimum Gasteiger partial charge on any atom is -0.494 e. The van der Waals surface area contributed by atoms with E-state index in [1.807, 2.05) is 6.07 Å². The summed E-state index contributed by atoms with van der Waals surface area (Å²) in [5.41, 5.74) is -0.328. The summed E-state index contributed by atoms with van der Waals surface area (Å²) in [6.07, 6.45) is 4.65. The van der Waals surface area contributed by atoms with Gasteiger partial charge in [0.05, 0.1) is 56.4 Å². The molecular weight excluding hydrogens is 548 g/mol. The van der Waals surface area contributed by atoms with Crippen LogP contribution in [-0.4, -0.2) is 80.0 Å². The molecule has 2 aliphatic rings. The van der Waals surface area contributed by atoms with Crippen molar-refractivity contribution in [2.75, 3.05) is 57.8 Å².